The summed E-state index contributed by atoms with van der Waals surface area (Å²) in [6.07, 6.45) is 1.67. The van der Waals surface area contributed by atoms with Crippen LogP contribution in [0.4, 0.5) is 8.78 Å². The third kappa shape index (κ3) is 3.66. The molecule has 32 heavy (non-hydrogen) atoms. The molecule has 4 rings (SSSR count). The molecular formula is C22H22F2N4O4. The SMILES string of the molecule is CC1(O)COC(C2(c3c(F)cccc3F)N=CC(c3cccnc3)=C(C(N)=O)N2)CC1O. The van der Waals surface area contributed by atoms with Crippen LogP contribution < -0.4 is 11.1 Å². The summed E-state index contributed by atoms with van der Waals surface area (Å²) >= 11 is 0. The van der Waals surface area contributed by atoms with E-state index in [1.165, 1.54) is 25.4 Å². The molecule has 0 bridgehead atoms. The summed E-state index contributed by atoms with van der Waals surface area (Å²) in [5, 5.41) is 23.5. The Morgan fingerprint density at radius 1 is 1.28 bits per heavy atom. The van der Waals surface area contributed by atoms with Crippen molar-refractivity contribution in [1.82, 2.24) is 10.3 Å². The number of aliphatic hydroxyl groups excluding tert-OH is 1. The molecule has 4 atom stereocenters. The van der Waals surface area contributed by atoms with Crippen LogP contribution in [-0.2, 0) is 15.2 Å². The van der Waals surface area contributed by atoms with Crippen molar-refractivity contribution in [3.63, 3.8) is 0 Å². The third-order valence-corrected chi connectivity index (χ3v) is 5.74. The van der Waals surface area contributed by atoms with Crippen LogP contribution in [0, 0.1) is 11.6 Å². The number of primary amides is 1. The molecule has 0 saturated carbocycles. The standard InChI is InChI=1S/C22H22F2N4O4/c1-21(31)11-32-17(8-16(21)29)22(18-14(23)5-2-6-15(18)24)27-10-13(19(28-22)20(25)30)12-4-3-7-26-9-12/h2-7,9-10,16-17,28-29,31H,8,11H2,1H3,(H2,25,30). The predicted molar refractivity (Wildman–Crippen MR) is 111 cm³/mol. The van der Waals surface area contributed by atoms with Gasteiger partial charge in [-0.1, -0.05) is 12.1 Å². The number of amides is 1. The molecule has 0 radical (unpaired) electrons. The summed E-state index contributed by atoms with van der Waals surface area (Å²) in [6.45, 7) is 1.07. The van der Waals surface area contributed by atoms with E-state index in [1.54, 1.807) is 18.3 Å². The number of hydrogen-bond acceptors (Lipinski definition) is 7. The Bertz CT molecular complexity index is 1090. The molecule has 1 saturated heterocycles. The summed E-state index contributed by atoms with van der Waals surface area (Å²) in [5.74, 6) is -2.75. The van der Waals surface area contributed by atoms with E-state index < -0.39 is 46.6 Å². The van der Waals surface area contributed by atoms with Gasteiger partial charge in [0.05, 0.1) is 18.3 Å². The van der Waals surface area contributed by atoms with Crippen LogP contribution in [0.1, 0.15) is 24.5 Å². The van der Waals surface area contributed by atoms with Gasteiger partial charge in [0.2, 0.25) is 0 Å². The number of hydrogen-bond donors (Lipinski definition) is 4. The maximum Gasteiger partial charge on any atom is 0.265 e. The molecular weight excluding hydrogens is 422 g/mol. The quantitative estimate of drug-likeness (QED) is 0.556. The van der Waals surface area contributed by atoms with Crippen LogP contribution >= 0.6 is 0 Å². The number of nitrogens with zero attached hydrogens (tertiary/aromatic N) is 2. The Hall–Kier alpha value is -3.21. The Labute approximate surface area is 182 Å². The molecule has 0 spiro atoms. The Balaban J connectivity index is 1.88. The summed E-state index contributed by atoms with van der Waals surface area (Å²) < 4.78 is 35.7. The lowest BCUT2D eigenvalue weighted by Gasteiger charge is -2.47. The number of allylic oxidation sites excluding steroid dienone is 1. The van der Waals surface area contributed by atoms with Crippen LogP contribution in [-0.4, -0.2) is 51.7 Å². The molecule has 1 aromatic heterocycles. The van der Waals surface area contributed by atoms with Crippen molar-refractivity contribution in [2.75, 3.05) is 6.61 Å². The number of nitrogens with one attached hydrogen (secondary N) is 1. The van der Waals surface area contributed by atoms with Gasteiger partial charge in [-0.25, -0.2) is 8.78 Å². The summed E-state index contributed by atoms with van der Waals surface area (Å²) in [5.41, 5.74) is 2.22. The van der Waals surface area contributed by atoms with E-state index in [9.17, 15) is 23.8 Å². The van der Waals surface area contributed by atoms with Crippen LogP contribution in [0.15, 0.2) is 53.4 Å². The van der Waals surface area contributed by atoms with Gasteiger partial charge in [0.1, 0.15) is 29.0 Å². The van der Waals surface area contributed by atoms with Crippen molar-refractivity contribution >= 4 is 17.7 Å². The lowest BCUT2D eigenvalue weighted by atomic mass is 9.82. The second kappa shape index (κ2) is 8.05. The van der Waals surface area contributed by atoms with Crippen LogP contribution in [0.5, 0.6) is 0 Å². The van der Waals surface area contributed by atoms with Crippen molar-refractivity contribution in [2.24, 2.45) is 10.7 Å². The number of aliphatic hydroxyl groups is 2. The number of rotatable bonds is 4. The average molecular weight is 444 g/mol. The maximum atomic E-state index is 15.0. The molecule has 5 N–H and O–H groups in total. The number of benzene rings is 1. The molecule has 168 valence electrons. The monoisotopic (exact) mass is 444 g/mol. The molecule has 10 heteroatoms. The molecule has 3 heterocycles. The average Bonchev–Trinajstić information content (AvgIpc) is 2.76. The minimum atomic E-state index is -1.97. The number of aliphatic imine (C=N–C) groups is 1. The summed E-state index contributed by atoms with van der Waals surface area (Å²) in [7, 11) is 0. The maximum absolute atomic E-state index is 15.0. The second-order valence-electron chi connectivity index (χ2n) is 8.05. The molecule has 2 aromatic rings. The summed E-state index contributed by atoms with van der Waals surface area (Å²) in [6, 6.07) is 6.62. The smallest absolute Gasteiger partial charge is 0.265 e. The van der Waals surface area contributed by atoms with Crippen molar-refractivity contribution in [1.29, 1.82) is 0 Å². The highest BCUT2D eigenvalue weighted by Gasteiger charge is 2.52. The van der Waals surface area contributed by atoms with Crippen LogP contribution in [0.25, 0.3) is 5.57 Å². The van der Waals surface area contributed by atoms with E-state index in [-0.39, 0.29) is 24.3 Å². The number of carbonyl (C=O) groups is 1. The van der Waals surface area contributed by atoms with E-state index in [1.807, 2.05) is 0 Å². The van der Waals surface area contributed by atoms with Gasteiger partial charge >= 0.3 is 0 Å². The Morgan fingerprint density at radius 3 is 2.59 bits per heavy atom. The number of halogens is 2. The first-order chi connectivity index (χ1) is 15.2. The zero-order valence-electron chi connectivity index (χ0n) is 17.1. The van der Waals surface area contributed by atoms with E-state index in [2.05, 4.69) is 15.3 Å². The molecule has 1 aromatic carbocycles. The third-order valence-electron chi connectivity index (χ3n) is 5.74. The minimum Gasteiger partial charge on any atom is -0.390 e. The van der Waals surface area contributed by atoms with E-state index in [0.29, 0.717) is 5.56 Å². The fraction of sp³-hybridized carbons (Fsp3) is 0.318. The molecule has 1 amide bonds. The highest BCUT2D eigenvalue weighted by molar-refractivity contribution is 6.19. The van der Waals surface area contributed by atoms with Gasteiger partial charge in [-0.2, -0.15) is 0 Å². The van der Waals surface area contributed by atoms with Gasteiger partial charge in [-0.3, -0.25) is 14.8 Å². The molecule has 2 aliphatic rings. The van der Waals surface area contributed by atoms with Crippen molar-refractivity contribution < 1.29 is 28.5 Å². The normalized spacial score (nSPS) is 30.2. The topological polar surface area (TPSA) is 130 Å². The van der Waals surface area contributed by atoms with Gasteiger partial charge in [0.25, 0.3) is 5.91 Å². The lowest BCUT2D eigenvalue weighted by molar-refractivity contribution is -0.192. The lowest BCUT2D eigenvalue weighted by Crippen LogP contribution is -2.61. The second-order valence-corrected chi connectivity index (χ2v) is 8.05. The van der Waals surface area contributed by atoms with Gasteiger partial charge in [-0.15, -0.1) is 0 Å². The highest BCUT2D eigenvalue weighted by Crippen LogP contribution is 2.41. The molecule has 1 fully saturated rings. The van der Waals surface area contributed by atoms with Crippen molar-refractivity contribution in [2.45, 2.75) is 36.8 Å². The minimum absolute atomic E-state index is 0.147. The molecule has 2 aliphatic heterocycles. The van der Waals surface area contributed by atoms with E-state index in [0.717, 1.165) is 12.1 Å². The molecule has 4 unspecified atom stereocenters. The van der Waals surface area contributed by atoms with E-state index >= 15 is 0 Å². The molecule has 8 nitrogen and oxygen atoms in total. The number of pyridine rings is 1. The van der Waals surface area contributed by atoms with Crippen LogP contribution in [0.2, 0.25) is 0 Å². The summed E-state index contributed by atoms with van der Waals surface area (Å²) in [4.78, 5) is 20.8. The van der Waals surface area contributed by atoms with Crippen molar-refractivity contribution in [3.05, 3.63) is 71.2 Å². The Kier molecular flexibility index (Phi) is 5.53. The van der Waals surface area contributed by atoms with Gasteiger partial charge in [-0.05, 0) is 25.1 Å². The number of aromatic nitrogens is 1. The fourth-order valence-electron chi connectivity index (χ4n) is 3.95. The highest BCUT2D eigenvalue weighted by atomic mass is 19.1. The largest absolute Gasteiger partial charge is 0.390 e. The Morgan fingerprint density at radius 2 is 2.00 bits per heavy atom. The zero-order valence-corrected chi connectivity index (χ0v) is 17.1. The van der Waals surface area contributed by atoms with Gasteiger partial charge in [0.15, 0.2) is 5.66 Å². The fourth-order valence-corrected chi connectivity index (χ4v) is 3.95. The number of ether oxygens (including phenoxy) is 1. The first-order valence-corrected chi connectivity index (χ1v) is 9.90. The zero-order chi connectivity index (χ0) is 23.1. The first-order valence-electron chi connectivity index (χ1n) is 9.90. The number of nitrogens with two attached hydrogens (primary N) is 1. The molecule has 0 aliphatic carbocycles. The van der Waals surface area contributed by atoms with Crippen molar-refractivity contribution in [3.8, 4) is 0 Å². The van der Waals surface area contributed by atoms with Gasteiger partial charge < -0.3 is 26.0 Å². The first kappa shape index (κ1) is 22.0. The number of carbonyl (C=O) groups excluding carboxylic acids is 1. The van der Waals surface area contributed by atoms with Gasteiger partial charge in [0, 0.05) is 36.2 Å². The predicted octanol–water partition coefficient (Wildman–Crippen LogP) is 0.984. The van der Waals surface area contributed by atoms with E-state index in [4.69, 9.17) is 10.5 Å². The van der Waals surface area contributed by atoms with Crippen LogP contribution in [0.3, 0.4) is 0 Å².